The number of benzene rings is 1. The Morgan fingerprint density at radius 2 is 2.07 bits per heavy atom. The predicted molar refractivity (Wildman–Crippen MR) is 106 cm³/mol. The van der Waals surface area contributed by atoms with Gasteiger partial charge in [-0.25, -0.2) is 4.79 Å². The Morgan fingerprint density at radius 1 is 1.30 bits per heavy atom. The summed E-state index contributed by atoms with van der Waals surface area (Å²) in [6.07, 6.45) is 4.47. The zero-order valence-corrected chi connectivity index (χ0v) is 16.7. The molecule has 2 fully saturated rings. The number of halogens is 1. The van der Waals surface area contributed by atoms with Crippen molar-refractivity contribution >= 4 is 17.7 Å². The van der Waals surface area contributed by atoms with Crippen molar-refractivity contribution in [3.05, 3.63) is 34.9 Å². The van der Waals surface area contributed by atoms with Gasteiger partial charge in [0.2, 0.25) is 0 Å². The Hall–Kier alpha value is -1.77. The van der Waals surface area contributed by atoms with E-state index < -0.39 is 5.41 Å². The second kappa shape index (κ2) is 8.95. The second-order valence-corrected chi connectivity index (χ2v) is 7.95. The van der Waals surface area contributed by atoms with E-state index in [0.717, 1.165) is 57.3 Å². The Morgan fingerprint density at radius 3 is 2.74 bits per heavy atom. The van der Waals surface area contributed by atoms with Gasteiger partial charge in [0, 0.05) is 37.2 Å². The minimum Gasteiger partial charge on any atom is -0.450 e. The van der Waals surface area contributed by atoms with Crippen LogP contribution in [0.2, 0.25) is 5.02 Å². The molecule has 2 aliphatic rings. The zero-order valence-electron chi connectivity index (χ0n) is 16.0. The lowest BCUT2D eigenvalue weighted by atomic mass is 9.69. The number of rotatable bonds is 3. The lowest BCUT2D eigenvalue weighted by Crippen LogP contribution is -2.44. The predicted octanol–water partition coefficient (Wildman–Crippen LogP) is 4.21. The standard InChI is InChI=1S/C21H28ClN3O2/c1-2-27-20(26)25-12-4-11-24(13-14-25)19-7-9-21(16-23,10-8-19)17-5-3-6-18(22)15-17/h3,5-6,15,19H,2,4,7-14H2,1H3. The first-order chi connectivity index (χ1) is 13.1. The average molecular weight is 390 g/mol. The Bertz CT molecular complexity index is 695. The summed E-state index contributed by atoms with van der Waals surface area (Å²) in [5.41, 5.74) is 0.616. The third-order valence-electron chi connectivity index (χ3n) is 5.97. The molecule has 3 rings (SSSR count). The summed E-state index contributed by atoms with van der Waals surface area (Å²) in [7, 11) is 0. The molecule has 0 N–H and O–H groups in total. The summed E-state index contributed by atoms with van der Waals surface area (Å²) >= 11 is 6.15. The van der Waals surface area contributed by atoms with Gasteiger partial charge in [0.05, 0.1) is 18.1 Å². The number of hydrogen-bond donors (Lipinski definition) is 0. The van der Waals surface area contributed by atoms with E-state index in [2.05, 4.69) is 11.0 Å². The Kier molecular flexibility index (Phi) is 6.62. The van der Waals surface area contributed by atoms with Gasteiger partial charge in [0.25, 0.3) is 0 Å². The molecule has 1 aliphatic carbocycles. The lowest BCUT2D eigenvalue weighted by Gasteiger charge is -2.40. The molecule has 1 amide bonds. The molecule has 0 unspecified atom stereocenters. The van der Waals surface area contributed by atoms with Crippen molar-refractivity contribution < 1.29 is 9.53 Å². The van der Waals surface area contributed by atoms with E-state index in [9.17, 15) is 10.1 Å². The number of hydrogen-bond acceptors (Lipinski definition) is 4. The summed E-state index contributed by atoms with van der Waals surface area (Å²) < 4.78 is 5.14. The van der Waals surface area contributed by atoms with Gasteiger partial charge in [-0.1, -0.05) is 23.7 Å². The molecule has 1 heterocycles. The molecule has 146 valence electrons. The first-order valence-electron chi connectivity index (χ1n) is 9.91. The largest absolute Gasteiger partial charge is 0.450 e. The van der Waals surface area contributed by atoms with Crippen molar-refractivity contribution in [3.8, 4) is 6.07 Å². The molecule has 1 aliphatic heterocycles. The molecule has 1 saturated carbocycles. The van der Waals surface area contributed by atoms with Gasteiger partial charge < -0.3 is 9.64 Å². The maximum atomic E-state index is 12.0. The number of nitrogens with zero attached hydrogens (tertiary/aromatic N) is 3. The topological polar surface area (TPSA) is 56.6 Å². The van der Waals surface area contributed by atoms with E-state index in [4.69, 9.17) is 16.3 Å². The van der Waals surface area contributed by atoms with Crippen LogP contribution < -0.4 is 0 Å². The van der Waals surface area contributed by atoms with Crippen LogP contribution in [0.4, 0.5) is 4.79 Å². The van der Waals surface area contributed by atoms with Crippen LogP contribution in [0.15, 0.2) is 24.3 Å². The summed E-state index contributed by atoms with van der Waals surface area (Å²) in [5.74, 6) is 0. The van der Waals surface area contributed by atoms with E-state index in [-0.39, 0.29) is 6.09 Å². The molecule has 1 aromatic carbocycles. The van der Waals surface area contributed by atoms with Crippen LogP contribution >= 0.6 is 11.6 Å². The second-order valence-electron chi connectivity index (χ2n) is 7.51. The Balaban J connectivity index is 1.60. The fourth-order valence-corrected chi connectivity index (χ4v) is 4.60. The third-order valence-corrected chi connectivity index (χ3v) is 6.21. The minimum atomic E-state index is -0.426. The molecule has 0 bridgehead atoms. The van der Waals surface area contributed by atoms with E-state index in [0.29, 0.717) is 24.2 Å². The molecule has 1 aromatic rings. The monoisotopic (exact) mass is 389 g/mol. The first kappa shape index (κ1) is 20.0. The highest BCUT2D eigenvalue weighted by atomic mass is 35.5. The van der Waals surface area contributed by atoms with Crippen molar-refractivity contribution in [2.75, 3.05) is 32.8 Å². The van der Waals surface area contributed by atoms with Crippen molar-refractivity contribution in [2.24, 2.45) is 0 Å². The molecule has 0 spiro atoms. The maximum absolute atomic E-state index is 12.0. The summed E-state index contributed by atoms with van der Waals surface area (Å²) in [6.45, 7) is 5.60. The van der Waals surface area contributed by atoms with E-state index in [1.807, 2.05) is 36.1 Å². The zero-order chi connectivity index (χ0) is 19.3. The number of amides is 1. The van der Waals surface area contributed by atoms with Crippen molar-refractivity contribution in [1.82, 2.24) is 9.80 Å². The average Bonchev–Trinajstić information content (AvgIpc) is 2.94. The van der Waals surface area contributed by atoms with Gasteiger partial charge in [0.1, 0.15) is 0 Å². The molecule has 1 saturated heterocycles. The van der Waals surface area contributed by atoms with E-state index in [1.54, 1.807) is 0 Å². The number of ether oxygens (including phenoxy) is 1. The van der Waals surface area contributed by atoms with Crippen LogP contribution in [-0.2, 0) is 10.2 Å². The fourth-order valence-electron chi connectivity index (χ4n) is 4.41. The molecular formula is C21H28ClN3O2. The molecule has 0 aromatic heterocycles. The van der Waals surface area contributed by atoms with Crippen LogP contribution in [-0.4, -0.2) is 54.7 Å². The number of carbonyl (C=O) groups is 1. The maximum Gasteiger partial charge on any atom is 0.409 e. The van der Waals surface area contributed by atoms with Gasteiger partial charge >= 0.3 is 6.09 Å². The SMILES string of the molecule is CCOC(=O)N1CCCN(C2CCC(C#N)(c3cccc(Cl)c3)CC2)CC1. The van der Waals surface area contributed by atoms with E-state index in [1.165, 1.54) is 0 Å². The van der Waals surface area contributed by atoms with Crippen molar-refractivity contribution in [3.63, 3.8) is 0 Å². The highest BCUT2D eigenvalue weighted by Crippen LogP contribution is 2.41. The van der Waals surface area contributed by atoms with Crippen LogP contribution in [0.1, 0.15) is 44.6 Å². The Labute approximate surface area is 166 Å². The van der Waals surface area contributed by atoms with Crippen LogP contribution in [0, 0.1) is 11.3 Å². The molecule has 0 atom stereocenters. The number of nitriles is 1. The summed E-state index contributed by atoms with van der Waals surface area (Å²) in [5, 5.41) is 10.6. The summed E-state index contributed by atoms with van der Waals surface area (Å²) in [4.78, 5) is 16.3. The fraction of sp³-hybridized carbons (Fsp3) is 0.619. The van der Waals surface area contributed by atoms with Crippen LogP contribution in [0.3, 0.4) is 0 Å². The van der Waals surface area contributed by atoms with Crippen molar-refractivity contribution in [2.45, 2.75) is 50.5 Å². The molecule has 5 nitrogen and oxygen atoms in total. The molecular weight excluding hydrogens is 362 g/mol. The highest BCUT2D eigenvalue weighted by Gasteiger charge is 2.39. The molecule has 6 heteroatoms. The number of carbonyl (C=O) groups excluding carboxylic acids is 1. The van der Waals surface area contributed by atoms with Crippen LogP contribution in [0.25, 0.3) is 0 Å². The lowest BCUT2D eigenvalue weighted by molar-refractivity contribution is 0.104. The normalized spacial score (nSPS) is 26.9. The van der Waals surface area contributed by atoms with Crippen LogP contribution in [0.5, 0.6) is 0 Å². The van der Waals surface area contributed by atoms with E-state index >= 15 is 0 Å². The minimum absolute atomic E-state index is 0.201. The molecule has 0 radical (unpaired) electrons. The highest BCUT2D eigenvalue weighted by molar-refractivity contribution is 6.30. The summed E-state index contributed by atoms with van der Waals surface area (Å²) in [6, 6.07) is 10.8. The van der Waals surface area contributed by atoms with Gasteiger partial charge in [-0.15, -0.1) is 0 Å². The quantitative estimate of drug-likeness (QED) is 0.777. The van der Waals surface area contributed by atoms with Gasteiger partial charge in [-0.2, -0.15) is 5.26 Å². The van der Waals surface area contributed by atoms with Gasteiger partial charge in [-0.3, -0.25) is 4.90 Å². The van der Waals surface area contributed by atoms with Gasteiger partial charge in [-0.05, 0) is 56.7 Å². The third kappa shape index (κ3) is 4.56. The van der Waals surface area contributed by atoms with Crippen molar-refractivity contribution in [1.29, 1.82) is 5.26 Å². The van der Waals surface area contributed by atoms with Gasteiger partial charge in [0.15, 0.2) is 0 Å². The smallest absolute Gasteiger partial charge is 0.409 e. The molecule has 27 heavy (non-hydrogen) atoms. The first-order valence-corrected chi connectivity index (χ1v) is 10.3.